The predicted octanol–water partition coefficient (Wildman–Crippen LogP) is 4.14. The Balaban J connectivity index is 2.37. The zero-order chi connectivity index (χ0) is 20.8. The fourth-order valence-electron chi connectivity index (χ4n) is 1.92. The molecule has 0 unspecified atom stereocenters. The number of sulfonamides is 1. The van der Waals surface area contributed by atoms with E-state index in [1.54, 1.807) is 0 Å². The number of hydrogen-bond donors (Lipinski definition) is 0. The van der Waals surface area contributed by atoms with Crippen molar-refractivity contribution >= 4 is 21.6 Å². The lowest BCUT2D eigenvalue weighted by atomic mass is 10.2. The van der Waals surface area contributed by atoms with Crippen molar-refractivity contribution < 1.29 is 39.2 Å². The van der Waals surface area contributed by atoms with Crippen LogP contribution in [0.25, 0.3) is 0 Å². The zero-order valence-electron chi connectivity index (χ0n) is 13.4. The molecule has 0 amide bonds. The van der Waals surface area contributed by atoms with E-state index in [0.29, 0.717) is 22.5 Å². The van der Waals surface area contributed by atoms with Gasteiger partial charge in [-0.15, -0.1) is 10.2 Å². The van der Waals surface area contributed by atoms with E-state index in [2.05, 4.69) is 14.6 Å². The van der Waals surface area contributed by atoms with E-state index >= 15 is 0 Å². The number of alkyl halides is 6. The highest BCUT2D eigenvalue weighted by molar-refractivity contribution is 7.89. The molecule has 0 N–H and O–H groups in total. The molecule has 0 aliphatic rings. The summed E-state index contributed by atoms with van der Waals surface area (Å²) in [6, 6.07) is 0.253. The maximum absolute atomic E-state index is 12.7. The van der Waals surface area contributed by atoms with E-state index in [-0.39, 0.29) is 0 Å². The van der Waals surface area contributed by atoms with Gasteiger partial charge in [-0.1, -0.05) is 11.6 Å². The van der Waals surface area contributed by atoms with Crippen LogP contribution in [0.2, 0.25) is 5.02 Å². The van der Waals surface area contributed by atoms with Crippen molar-refractivity contribution in [3.8, 4) is 0 Å². The number of halogens is 7. The summed E-state index contributed by atoms with van der Waals surface area (Å²) in [5, 5.41) is 5.24. The first kappa shape index (κ1) is 21.4. The first-order valence-electron chi connectivity index (χ1n) is 6.91. The summed E-state index contributed by atoms with van der Waals surface area (Å²) in [5.74, 6) is -2.32. The lowest BCUT2D eigenvalue weighted by molar-refractivity contribution is -0.157. The Morgan fingerprint density at radius 3 is 2.15 bits per heavy atom. The molecule has 0 aliphatic heterocycles. The third kappa shape index (κ3) is 4.35. The van der Waals surface area contributed by atoms with Gasteiger partial charge >= 0.3 is 18.2 Å². The van der Waals surface area contributed by atoms with Gasteiger partial charge in [-0.25, -0.2) is 8.42 Å². The van der Waals surface area contributed by atoms with E-state index in [4.69, 9.17) is 11.6 Å². The van der Waals surface area contributed by atoms with Crippen LogP contribution >= 0.6 is 11.6 Å². The molecule has 1 aromatic heterocycles. The van der Waals surface area contributed by atoms with E-state index in [9.17, 15) is 34.8 Å². The Morgan fingerprint density at radius 2 is 1.70 bits per heavy atom. The second-order valence-corrected chi connectivity index (χ2v) is 7.66. The van der Waals surface area contributed by atoms with Crippen LogP contribution in [0.3, 0.4) is 0 Å². The van der Waals surface area contributed by atoms with Crippen molar-refractivity contribution in [3.63, 3.8) is 0 Å². The van der Waals surface area contributed by atoms with E-state index in [1.165, 1.54) is 0 Å². The fourth-order valence-corrected chi connectivity index (χ4v) is 3.76. The Morgan fingerprint density at radius 1 is 1.11 bits per heavy atom. The summed E-state index contributed by atoms with van der Waals surface area (Å²) >= 11 is 5.67. The second kappa shape index (κ2) is 6.95. The van der Waals surface area contributed by atoms with Crippen molar-refractivity contribution in [2.24, 2.45) is 0 Å². The van der Waals surface area contributed by atoms with Gasteiger partial charge in [-0.2, -0.15) is 30.6 Å². The molecule has 1 heterocycles. The molecule has 150 valence electrons. The molecular weight excluding hydrogens is 428 g/mol. The maximum Gasteiger partial charge on any atom is 0.470 e. The zero-order valence-corrected chi connectivity index (χ0v) is 15.0. The predicted molar refractivity (Wildman–Crippen MR) is 79.1 cm³/mol. The Kier molecular flexibility index (Phi) is 5.52. The number of rotatable bonds is 4. The Bertz CT molecular complexity index is 942. The molecule has 14 heteroatoms. The SMILES string of the molecule is C[C@@H](c1nnc(C(F)(F)F)o1)N(C)S(=O)(=O)c1ccc(C(F)(F)F)cc1Cl. The summed E-state index contributed by atoms with van der Waals surface area (Å²) in [7, 11) is -3.50. The number of nitrogens with zero attached hydrogens (tertiary/aromatic N) is 3. The summed E-state index contributed by atoms with van der Waals surface area (Å²) < 4.78 is 106. The van der Waals surface area contributed by atoms with Gasteiger partial charge in [0.15, 0.2) is 0 Å². The van der Waals surface area contributed by atoms with Gasteiger partial charge in [0.1, 0.15) is 10.9 Å². The Hall–Kier alpha value is -1.86. The van der Waals surface area contributed by atoms with Gasteiger partial charge in [0.2, 0.25) is 15.9 Å². The summed E-state index contributed by atoms with van der Waals surface area (Å²) in [6.07, 6.45) is -9.65. The third-order valence-corrected chi connectivity index (χ3v) is 5.91. The first-order valence-corrected chi connectivity index (χ1v) is 8.73. The molecule has 1 aromatic carbocycles. The molecule has 2 aromatic rings. The average molecular weight is 438 g/mol. The van der Waals surface area contributed by atoms with Crippen LogP contribution in [-0.4, -0.2) is 30.0 Å². The average Bonchev–Trinajstić information content (AvgIpc) is 3.02. The van der Waals surface area contributed by atoms with Gasteiger partial charge in [-0.05, 0) is 25.1 Å². The smallest absolute Gasteiger partial charge is 0.416 e. The monoisotopic (exact) mass is 437 g/mol. The van der Waals surface area contributed by atoms with Crippen molar-refractivity contribution in [1.29, 1.82) is 0 Å². The van der Waals surface area contributed by atoms with Crippen molar-refractivity contribution in [2.45, 2.75) is 30.2 Å². The van der Waals surface area contributed by atoms with Crippen LogP contribution in [0.15, 0.2) is 27.5 Å². The maximum atomic E-state index is 12.7. The molecule has 0 saturated carbocycles. The molecule has 0 radical (unpaired) electrons. The van der Waals surface area contributed by atoms with Crippen LogP contribution in [0.5, 0.6) is 0 Å². The highest BCUT2D eigenvalue weighted by Crippen LogP contribution is 2.36. The lowest BCUT2D eigenvalue weighted by Crippen LogP contribution is -2.30. The van der Waals surface area contributed by atoms with Gasteiger partial charge in [0, 0.05) is 7.05 Å². The van der Waals surface area contributed by atoms with Gasteiger partial charge < -0.3 is 4.42 Å². The van der Waals surface area contributed by atoms with Crippen LogP contribution in [0, 0.1) is 0 Å². The number of hydrogen-bond acceptors (Lipinski definition) is 5. The lowest BCUT2D eigenvalue weighted by Gasteiger charge is -2.22. The van der Waals surface area contributed by atoms with Crippen LogP contribution < -0.4 is 0 Å². The molecule has 1 atom stereocenters. The molecule has 0 aliphatic carbocycles. The minimum Gasteiger partial charge on any atom is -0.416 e. The highest BCUT2D eigenvalue weighted by atomic mass is 35.5. The van der Waals surface area contributed by atoms with Gasteiger partial charge in [0.05, 0.1) is 10.6 Å². The minimum atomic E-state index is -4.92. The highest BCUT2D eigenvalue weighted by Gasteiger charge is 2.40. The molecule has 6 nitrogen and oxygen atoms in total. The molecule has 2 rings (SSSR count). The second-order valence-electron chi connectivity index (χ2n) is 5.28. The molecule has 0 saturated heterocycles. The molecule has 0 bridgehead atoms. The number of benzene rings is 1. The number of aromatic nitrogens is 2. The van der Waals surface area contributed by atoms with Crippen LogP contribution in [0.4, 0.5) is 26.3 Å². The first-order chi connectivity index (χ1) is 12.2. The third-order valence-electron chi connectivity index (χ3n) is 3.50. The molecule has 27 heavy (non-hydrogen) atoms. The minimum absolute atomic E-state index is 0.432. The molecule has 0 spiro atoms. The summed E-state index contributed by atoms with van der Waals surface area (Å²) in [6.45, 7) is 1.16. The van der Waals surface area contributed by atoms with E-state index in [0.717, 1.165) is 14.0 Å². The van der Waals surface area contributed by atoms with Crippen molar-refractivity contribution in [1.82, 2.24) is 14.5 Å². The van der Waals surface area contributed by atoms with Crippen molar-refractivity contribution in [3.05, 3.63) is 40.6 Å². The Labute approximate surface area is 153 Å². The normalized spacial score (nSPS) is 14.6. The van der Waals surface area contributed by atoms with Crippen LogP contribution in [-0.2, 0) is 22.4 Å². The van der Waals surface area contributed by atoms with E-state index in [1.807, 2.05) is 0 Å². The van der Waals surface area contributed by atoms with Gasteiger partial charge in [0.25, 0.3) is 0 Å². The topological polar surface area (TPSA) is 76.3 Å². The van der Waals surface area contributed by atoms with Crippen molar-refractivity contribution in [2.75, 3.05) is 7.05 Å². The fraction of sp³-hybridized carbons (Fsp3) is 0.385. The summed E-state index contributed by atoms with van der Waals surface area (Å²) in [5.41, 5.74) is -1.16. The van der Waals surface area contributed by atoms with E-state index < -0.39 is 55.7 Å². The van der Waals surface area contributed by atoms with Crippen LogP contribution in [0.1, 0.15) is 30.3 Å². The molecule has 0 fully saturated rings. The molecular formula is C13H10ClF6N3O3S. The van der Waals surface area contributed by atoms with Gasteiger partial charge in [-0.3, -0.25) is 0 Å². The largest absolute Gasteiger partial charge is 0.470 e. The standard InChI is InChI=1S/C13H10ClF6N3O3S/c1-6(10-21-22-11(26-10)13(18,19)20)23(2)27(24,25)9-4-3-7(5-8(9)14)12(15,16)17/h3-6H,1-2H3/t6-/m0/s1. The quantitative estimate of drug-likeness (QED) is 0.672. The summed E-state index contributed by atoms with van der Waals surface area (Å²) in [4.78, 5) is -0.665.